The molecule has 0 atom stereocenters. The number of hydrogen-bond donors (Lipinski definition) is 2. The number of anilines is 3. The predicted octanol–water partition coefficient (Wildman–Crippen LogP) is 5.73. The topological polar surface area (TPSA) is 49.8 Å². The molecule has 26 heavy (non-hydrogen) atoms. The first-order valence-corrected chi connectivity index (χ1v) is 9.57. The van der Waals surface area contributed by atoms with Crippen molar-refractivity contribution in [3.8, 4) is 0 Å². The molecule has 3 aromatic rings. The van der Waals surface area contributed by atoms with Crippen molar-refractivity contribution in [2.45, 2.75) is 52.0 Å². The Balaban J connectivity index is 1.70. The van der Waals surface area contributed by atoms with E-state index in [0.717, 1.165) is 22.4 Å². The number of aryl methyl sites for hydroxylation is 1. The molecule has 0 bridgehead atoms. The van der Waals surface area contributed by atoms with Crippen LogP contribution < -0.4 is 10.6 Å². The van der Waals surface area contributed by atoms with Gasteiger partial charge in [0.25, 0.3) is 0 Å². The van der Waals surface area contributed by atoms with E-state index in [1.54, 1.807) is 0 Å². The molecule has 4 heteroatoms. The average Bonchev–Trinajstić information content (AvgIpc) is 2.66. The number of aromatic nitrogens is 2. The van der Waals surface area contributed by atoms with Crippen LogP contribution in [-0.4, -0.2) is 16.0 Å². The smallest absolute Gasteiger partial charge is 0.229 e. The average molecular weight is 346 g/mol. The largest absolute Gasteiger partial charge is 0.367 e. The van der Waals surface area contributed by atoms with Crippen LogP contribution in [0.3, 0.4) is 0 Å². The van der Waals surface area contributed by atoms with Crippen molar-refractivity contribution in [1.29, 1.82) is 0 Å². The Bertz CT molecular complexity index is 913. The first-order chi connectivity index (χ1) is 12.7. The molecule has 0 radical (unpaired) electrons. The van der Waals surface area contributed by atoms with Gasteiger partial charge in [-0.3, -0.25) is 0 Å². The van der Waals surface area contributed by atoms with Crippen LogP contribution in [0.4, 0.5) is 17.5 Å². The quantitative estimate of drug-likeness (QED) is 0.633. The van der Waals surface area contributed by atoms with Crippen molar-refractivity contribution >= 4 is 28.4 Å². The van der Waals surface area contributed by atoms with Crippen molar-refractivity contribution < 1.29 is 0 Å². The van der Waals surface area contributed by atoms with E-state index < -0.39 is 0 Å². The standard InChI is InChI=1S/C22H26N4/c1-15-9-8-14-19(16(15)2)24-22-25-20-13-7-6-12-18(20)21(26-22)23-17-10-4-3-5-11-17/h6-9,12-14,17H,3-5,10-11H2,1-2H3,(H2,23,24,25,26). The molecule has 0 saturated heterocycles. The fourth-order valence-electron chi connectivity index (χ4n) is 3.69. The van der Waals surface area contributed by atoms with E-state index in [-0.39, 0.29) is 0 Å². The Morgan fingerprint density at radius 2 is 1.69 bits per heavy atom. The van der Waals surface area contributed by atoms with Gasteiger partial charge in [-0.1, -0.05) is 43.5 Å². The minimum absolute atomic E-state index is 0.510. The van der Waals surface area contributed by atoms with Crippen LogP contribution >= 0.6 is 0 Å². The summed E-state index contributed by atoms with van der Waals surface area (Å²) in [6.45, 7) is 4.25. The maximum absolute atomic E-state index is 4.83. The van der Waals surface area contributed by atoms with Crippen molar-refractivity contribution in [3.63, 3.8) is 0 Å². The molecule has 2 aromatic carbocycles. The van der Waals surface area contributed by atoms with E-state index in [9.17, 15) is 0 Å². The summed E-state index contributed by atoms with van der Waals surface area (Å²) in [7, 11) is 0. The number of rotatable bonds is 4. The number of hydrogen-bond acceptors (Lipinski definition) is 4. The molecular formula is C22H26N4. The number of nitrogens with one attached hydrogen (secondary N) is 2. The summed E-state index contributed by atoms with van der Waals surface area (Å²) in [5.74, 6) is 1.59. The Kier molecular flexibility index (Phi) is 4.74. The lowest BCUT2D eigenvalue weighted by atomic mass is 9.95. The molecule has 2 N–H and O–H groups in total. The van der Waals surface area contributed by atoms with E-state index in [0.29, 0.717) is 12.0 Å². The molecule has 4 rings (SSSR count). The van der Waals surface area contributed by atoms with Crippen LogP contribution in [0.2, 0.25) is 0 Å². The van der Waals surface area contributed by atoms with Gasteiger partial charge in [-0.2, -0.15) is 4.98 Å². The third kappa shape index (κ3) is 3.50. The van der Waals surface area contributed by atoms with E-state index in [2.05, 4.69) is 60.9 Å². The highest BCUT2D eigenvalue weighted by Gasteiger charge is 2.16. The lowest BCUT2D eigenvalue weighted by Crippen LogP contribution is -2.23. The monoisotopic (exact) mass is 346 g/mol. The lowest BCUT2D eigenvalue weighted by molar-refractivity contribution is 0.462. The zero-order valence-electron chi connectivity index (χ0n) is 15.5. The molecule has 134 valence electrons. The molecule has 0 amide bonds. The second-order valence-electron chi connectivity index (χ2n) is 7.26. The van der Waals surface area contributed by atoms with Gasteiger partial charge in [-0.25, -0.2) is 4.98 Å². The Labute approximate surface area is 155 Å². The van der Waals surface area contributed by atoms with Crippen molar-refractivity contribution in [3.05, 3.63) is 53.6 Å². The van der Waals surface area contributed by atoms with Gasteiger partial charge in [-0.05, 0) is 56.0 Å². The van der Waals surface area contributed by atoms with Gasteiger partial charge in [0, 0.05) is 17.1 Å². The van der Waals surface area contributed by atoms with Gasteiger partial charge < -0.3 is 10.6 Å². The van der Waals surface area contributed by atoms with E-state index in [1.165, 1.54) is 43.2 Å². The molecule has 1 aromatic heterocycles. The summed E-state index contributed by atoms with van der Waals surface area (Å²) in [6, 6.07) is 15.0. The third-order valence-electron chi connectivity index (χ3n) is 5.40. The second-order valence-corrected chi connectivity index (χ2v) is 7.26. The Hall–Kier alpha value is -2.62. The summed E-state index contributed by atoms with van der Waals surface area (Å²) >= 11 is 0. The fraction of sp³-hybridized carbons (Fsp3) is 0.364. The van der Waals surface area contributed by atoms with E-state index >= 15 is 0 Å². The second kappa shape index (κ2) is 7.32. The highest BCUT2D eigenvalue weighted by Crippen LogP contribution is 2.28. The molecule has 0 aliphatic heterocycles. The Morgan fingerprint density at radius 1 is 0.885 bits per heavy atom. The van der Waals surface area contributed by atoms with Crippen LogP contribution in [-0.2, 0) is 0 Å². The minimum Gasteiger partial charge on any atom is -0.367 e. The highest BCUT2D eigenvalue weighted by molar-refractivity contribution is 5.90. The van der Waals surface area contributed by atoms with Crippen LogP contribution in [0.25, 0.3) is 10.9 Å². The first-order valence-electron chi connectivity index (χ1n) is 9.57. The summed E-state index contributed by atoms with van der Waals surface area (Å²) in [4.78, 5) is 9.56. The van der Waals surface area contributed by atoms with E-state index in [1.807, 2.05) is 6.07 Å². The predicted molar refractivity (Wildman–Crippen MR) is 109 cm³/mol. The lowest BCUT2D eigenvalue weighted by Gasteiger charge is -2.24. The minimum atomic E-state index is 0.510. The van der Waals surface area contributed by atoms with Gasteiger partial charge in [0.05, 0.1) is 5.52 Å². The van der Waals surface area contributed by atoms with Crippen LogP contribution in [0, 0.1) is 13.8 Å². The molecule has 1 aliphatic rings. The summed E-state index contributed by atoms with van der Waals surface area (Å²) in [5, 5.41) is 8.19. The van der Waals surface area contributed by atoms with Crippen LogP contribution in [0.1, 0.15) is 43.2 Å². The fourth-order valence-corrected chi connectivity index (χ4v) is 3.69. The van der Waals surface area contributed by atoms with Gasteiger partial charge in [0.2, 0.25) is 5.95 Å². The number of benzene rings is 2. The third-order valence-corrected chi connectivity index (χ3v) is 5.40. The van der Waals surface area contributed by atoms with Crippen molar-refractivity contribution in [1.82, 2.24) is 9.97 Å². The summed E-state index contributed by atoms with van der Waals surface area (Å²) in [6.07, 6.45) is 6.39. The molecule has 1 fully saturated rings. The van der Waals surface area contributed by atoms with Crippen molar-refractivity contribution in [2.24, 2.45) is 0 Å². The maximum Gasteiger partial charge on any atom is 0.229 e. The van der Waals surface area contributed by atoms with Gasteiger partial charge in [-0.15, -0.1) is 0 Å². The number of fused-ring (bicyclic) bond motifs is 1. The van der Waals surface area contributed by atoms with Crippen molar-refractivity contribution in [2.75, 3.05) is 10.6 Å². The molecule has 0 unspecified atom stereocenters. The van der Waals surface area contributed by atoms with Gasteiger partial charge >= 0.3 is 0 Å². The molecule has 0 spiro atoms. The first kappa shape index (κ1) is 16.8. The zero-order valence-corrected chi connectivity index (χ0v) is 15.5. The van der Waals surface area contributed by atoms with E-state index in [4.69, 9.17) is 9.97 Å². The van der Waals surface area contributed by atoms with Gasteiger partial charge in [0.15, 0.2) is 0 Å². The molecule has 1 heterocycles. The molecular weight excluding hydrogens is 320 g/mol. The van der Waals surface area contributed by atoms with Gasteiger partial charge in [0.1, 0.15) is 5.82 Å². The normalized spacial score (nSPS) is 15.2. The highest BCUT2D eigenvalue weighted by atomic mass is 15.2. The molecule has 1 saturated carbocycles. The van der Waals surface area contributed by atoms with Crippen LogP contribution in [0.15, 0.2) is 42.5 Å². The van der Waals surface area contributed by atoms with Crippen LogP contribution in [0.5, 0.6) is 0 Å². The summed E-state index contributed by atoms with van der Waals surface area (Å²) < 4.78 is 0. The molecule has 4 nitrogen and oxygen atoms in total. The SMILES string of the molecule is Cc1cccc(Nc2nc(NC3CCCCC3)c3ccccc3n2)c1C. The Morgan fingerprint density at radius 3 is 2.54 bits per heavy atom. The zero-order chi connectivity index (χ0) is 17.9. The number of para-hydroxylation sites is 1. The number of nitrogens with zero attached hydrogens (tertiary/aromatic N) is 2. The summed E-state index contributed by atoms with van der Waals surface area (Å²) in [5.41, 5.74) is 4.51. The molecule has 1 aliphatic carbocycles. The maximum atomic E-state index is 4.83.